The molecule has 0 heterocycles. The Morgan fingerprint density at radius 2 is 0.723 bits per heavy atom. The van der Waals surface area contributed by atoms with Crippen LogP contribution in [0.15, 0.2) is 262 Å². The maximum atomic E-state index is 13.5. The summed E-state index contributed by atoms with van der Waals surface area (Å²) in [5.74, 6) is 7.72. The first-order valence-electron chi connectivity index (χ1n) is 38.3. The fourth-order valence-corrected chi connectivity index (χ4v) is 24.9. The van der Waals surface area contributed by atoms with Crippen molar-refractivity contribution in [2.24, 2.45) is 17.8 Å². The fraction of sp³-hybridized carbons (Fsp3) is 0.402. The molecule has 7 nitrogen and oxygen atoms in total. The van der Waals surface area contributed by atoms with Crippen molar-refractivity contribution in [1.29, 1.82) is 0 Å². The van der Waals surface area contributed by atoms with Gasteiger partial charge in [-0.1, -0.05) is 149 Å². The van der Waals surface area contributed by atoms with E-state index in [1.165, 1.54) is 128 Å². The average Bonchev–Trinajstić information content (AvgIpc) is 0.751. The standard InChI is InChI=1S/C32H35O3S.C21H18F3O3S2.C16H16F3OS.C12H27S.C8H11S.C3H9S/c1-22-13-29(36(27-9-5-3-6-10-27)28-11-7-4-8-12-28)14-23(2)31(22)34-21-30(33)35-32-18-24-15-25(19-32)17-26(16-24)20-32;1-15-13-19(14-16(2)20(15)27-29(25,26)21(22,23)24)28(17-9-5-3-6-10-17)18-11-7-4-8-12-18;1-11-9-14(10-12(2)15(11)20-3)21(16(17,18)19)13-7-5-4-6-8-13;1-4-7-10-13(11-8-5-2)12-9-6-3;1-9(2)8-6-4-3-5-7-8;1-4(2)3/h3-14,24-26H,15-21H2,1-2H3;3-14H,1-2H3;4-10H,1-3H3;4-12H2,1-3H3;3-7H,1-2H3;1-3H3/q6*+1. The van der Waals surface area contributed by atoms with E-state index in [1.54, 1.807) is 56.3 Å². The van der Waals surface area contributed by atoms with Crippen molar-refractivity contribution in [3.63, 3.8) is 0 Å². The monoisotopic (exact) mass is 1670 g/mol. The number of esters is 1. The molecular weight excluding hydrogens is 1560 g/mol. The average molecular weight is 1670 g/mol. The van der Waals surface area contributed by atoms with Gasteiger partial charge in [0.2, 0.25) is 0 Å². The molecular formula is C92H116F6O7S7+6. The lowest BCUT2D eigenvalue weighted by Gasteiger charge is -2.55. The quantitative estimate of drug-likeness (QED) is 0.0185. The summed E-state index contributed by atoms with van der Waals surface area (Å²) in [6, 6.07) is 70.3. The van der Waals surface area contributed by atoms with Crippen molar-refractivity contribution in [3.8, 4) is 17.2 Å². The van der Waals surface area contributed by atoms with Crippen molar-refractivity contribution < 1.29 is 57.9 Å². The van der Waals surface area contributed by atoms with Gasteiger partial charge in [-0.2, -0.15) is 21.6 Å². The SMILES string of the molecule is CCCC[S+](CCCC)CCCC.COc1c(C)cc([S+](c2ccccc2)C(F)(F)F)cc1C.C[S+](C)C.C[S+](C)c1ccccc1.Cc1cc([S+](c2ccccc2)c2ccccc2)cc(C)c1OCC(=O)OC12CC3CC(CC(C3)C1)C2.Cc1cc([S+](c2ccccc2)c2ccccc2)cc(C)c1OS(=O)(=O)C(F)(F)F. The summed E-state index contributed by atoms with van der Waals surface area (Å²) in [7, 11) is -5.05. The molecule has 0 saturated heterocycles. The molecule has 0 amide bonds. The predicted molar refractivity (Wildman–Crippen MR) is 465 cm³/mol. The number of carbonyl (C=O) groups is 1. The number of ether oxygens (including phenoxy) is 3. The normalized spacial score (nSPS) is 16.5. The van der Waals surface area contributed by atoms with Gasteiger partial charge in [-0.05, 0) is 245 Å². The van der Waals surface area contributed by atoms with E-state index < -0.39 is 42.9 Å². The highest BCUT2D eigenvalue weighted by Gasteiger charge is 2.56. The molecule has 4 fully saturated rings. The van der Waals surface area contributed by atoms with Gasteiger partial charge in [0.15, 0.2) is 61.6 Å². The molecule has 604 valence electrons. The molecule has 0 radical (unpaired) electrons. The topological polar surface area (TPSA) is 88.1 Å². The van der Waals surface area contributed by atoms with E-state index in [4.69, 9.17) is 14.2 Å². The molecule has 0 aliphatic heterocycles. The van der Waals surface area contributed by atoms with Gasteiger partial charge in [-0.3, -0.25) is 0 Å². The van der Waals surface area contributed by atoms with Crippen molar-refractivity contribution in [2.75, 3.05) is 62.3 Å². The van der Waals surface area contributed by atoms with Gasteiger partial charge in [0.25, 0.3) is 0 Å². The molecule has 0 spiro atoms. The first kappa shape index (κ1) is 92.6. The summed E-state index contributed by atoms with van der Waals surface area (Å²) in [6.07, 6.45) is 26.7. The van der Waals surface area contributed by atoms with Gasteiger partial charge in [0.05, 0.1) is 47.7 Å². The van der Waals surface area contributed by atoms with E-state index in [2.05, 4.69) is 173 Å². The van der Waals surface area contributed by atoms with Gasteiger partial charge in [-0.25, -0.2) is 4.79 Å². The maximum Gasteiger partial charge on any atom is 0.586 e. The zero-order valence-electron chi connectivity index (χ0n) is 67.8. The smallest absolute Gasteiger partial charge is 0.496 e. The summed E-state index contributed by atoms with van der Waals surface area (Å²) in [6.45, 7) is 17.7. The molecule has 0 N–H and O–H groups in total. The molecule has 4 aliphatic carbocycles. The van der Waals surface area contributed by atoms with E-state index in [1.807, 2.05) is 60.7 Å². The Labute approximate surface area is 683 Å². The van der Waals surface area contributed by atoms with Crippen LogP contribution in [-0.4, -0.2) is 93.3 Å². The first-order valence-corrected chi connectivity index (χ1v) is 49.7. The molecule has 112 heavy (non-hydrogen) atoms. The van der Waals surface area contributed by atoms with Gasteiger partial charge in [0, 0.05) is 47.3 Å². The van der Waals surface area contributed by atoms with Crippen LogP contribution in [0.25, 0.3) is 0 Å². The first-order chi connectivity index (χ1) is 53.3. The van der Waals surface area contributed by atoms with E-state index in [9.17, 15) is 39.6 Å². The highest BCUT2D eigenvalue weighted by molar-refractivity contribution is 7.98. The Morgan fingerprint density at radius 1 is 0.429 bits per heavy atom. The second-order valence-corrected chi connectivity index (χ2v) is 43.9. The molecule has 1 atom stereocenters. The Balaban J connectivity index is 0.000000205. The lowest BCUT2D eigenvalue weighted by molar-refractivity contribution is -0.188. The number of carbonyl (C=O) groups excluding carboxylic acids is 1. The van der Waals surface area contributed by atoms with Crippen molar-refractivity contribution in [3.05, 3.63) is 252 Å². The Kier molecular flexibility index (Phi) is 37.3. The molecule has 4 aliphatic rings. The Morgan fingerprint density at radius 3 is 1.01 bits per heavy atom. The van der Waals surface area contributed by atoms with Gasteiger partial charge >= 0.3 is 27.1 Å². The molecule has 13 rings (SSSR count). The van der Waals surface area contributed by atoms with E-state index in [-0.39, 0.29) is 44.6 Å². The van der Waals surface area contributed by atoms with Crippen LogP contribution < -0.4 is 13.7 Å². The molecule has 4 bridgehead atoms. The number of aryl methyl sites for hydroxylation is 6. The largest absolute Gasteiger partial charge is 0.586 e. The Bertz CT molecular complexity index is 4200. The number of halogens is 6. The van der Waals surface area contributed by atoms with Crippen molar-refractivity contribution >= 4 is 81.5 Å². The zero-order valence-corrected chi connectivity index (χ0v) is 73.5. The minimum Gasteiger partial charge on any atom is -0.496 e. The van der Waals surface area contributed by atoms with E-state index >= 15 is 0 Å². The van der Waals surface area contributed by atoms with Crippen LogP contribution in [0.2, 0.25) is 0 Å². The second-order valence-electron chi connectivity index (χ2n) is 29.3. The minimum atomic E-state index is -5.73. The highest BCUT2D eigenvalue weighted by Crippen LogP contribution is 2.57. The van der Waals surface area contributed by atoms with Crippen LogP contribution in [0.4, 0.5) is 26.3 Å². The summed E-state index contributed by atoms with van der Waals surface area (Å²) >= 11 is 0. The lowest BCUT2D eigenvalue weighted by Crippen LogP contribution is -2.53. The van der Waals surface area contributed by atoms with Gasteiger partial charge < -0.3 is 18.4 Å². The minimum absolute atomic E-state index is 0.0220. The summed E-state index contributed by atoms with van der Waals surface area (Å²) in [4.78, 5) is 21.7. The predicted octanol–water partition coefficient (Wildman–Crippen LogP) is 24.2. The van der Waals surface area contributed by atoms with Crippen LogP contribution in [-0.2, 0) is 85.0 Å². The molecule has 0 aromatic heterocycles. The van der Waals surface area contributed by atoms with Gasteiger partial charge in [-0.15, -0.1) is 13.2 Å². The van der Waals surface area contributed by atoms with E-state index in [0.717, 1.165) is 79.5 Å². The van der Waals surface area contributed by atoms with Crippen LogP contribution in [0.5, 0.6) is 17.2 Å². The zero-order chi connectivity index (χ0) is 81.8. The molecule has 1 unspecified atom stereocenters. The van der Waals surface area contributed by atoms with E-state index in [0.29, 0.717) is 49.8 Å². The van der Waals surface area contributed by atoms with Crippen LogP contribution in [0.1, 0.15) is 131 Å². The second kappa shape index (κ2) is 45.1. The van der Waals surface area contributed by atoms with Crippen molar-refractivity contribution in [2.45, 2.75) is 200 Å². The highest BCUT2D eigenvalue weighted by atomic mass is 32.2. The number of hydrogen-bond donors (Lipinski definition) is 0. The third-order valence-electron chi connectivity index (χ3n) is 19.0. The Hall–Kier alpha value is -6.52. The number of rotatable bonds is 25. The third-order valence-corrected chi connectivity index (χ3v) is 30.1. The lowest BCUT2D eigenvalue weighted by atomic mass is 9.54. The summed E-state index contributed by atoms with van der Waals surface area (Å²) < 4.78 is 124. The summed E-state index contributed by atoms with van der Waals surface area (Å²) in [5.41, 5.74) is -5.85. The van der Waals surface area contributed by atoms with Gasteiger partial charge in [0.1, 0.15) is 52.6 Å². The molecule has 20 heteroatoms. The third kappa shape index (κ3) is 28.2. The number of unbranched alkanes of at least 4 members (excludes halogenated alkanes) is 3. The molecule has 9 aromatic rings. The molecule has 4 saturated carbocycles. The maximum absolute atomic E-state index is 13.5. The molecule has 9 aromatic carbocycles. The van der Waals surface area contributed by atoms with Crippen LogP contribution >= 0.6 is 0 Å². The summed E-state index contributed by atoms with van der Waals surface area (Å²) in [5, 5.41) is 0. The number of methoxy groups -OCH3 is 1. The van der Waals surface area contributed by atoms with Crippen molar-refractivity contribution in [1.82, 2.24) is 0 Å². The van der Waals surface area contributed by atoms with Crippen LogP contribution in [0.3, 0.4) is 0 Å². The number of alkyl halides is 6. The fourth-order valence-electron chi connectivity index (χ4n) is 14.5. The van der Waals surface area contributed by atoms with Crippen LogP contribution in [0, 0.1) is 59.3 Å². The number of benzene rings is 9. The number of hydrogen-bond acceptors (Lipinski definition) is 7.